The van der Waals surface area contributed by atoms with E-state index in [1.165, 1.54) is 7.11 Å². The van der Waals surface area contributed by atoms with Crippen LogP contribution in [0.2, 0.25) is 5.02 Å². The lowest BCUT2D eigenvalue weighted by Crippen LogP contribution is -2.13. The number of nitrogens with one attached hydrogen (secondary N) is 1. The molecule has 1 N–H and O–H groups in total. The average molecular weight is 492 g/mol. The fourth-order valence-electron chi connectivity index (χ4n) is 2.88. The van der Waals surface area contributed by atoms with Crippen LogP contribution in [0, 0.1) is 11.3 Å². The van der Waals surface area contributed by atoms with Gasteiger partial charge in [0.25, 0.3) is 0 Å². The molecule has 3 aromatic rings. The number of pyridine rings is 1. The number of hydrogen-bond acceptors (Lipinski definition) is 5. The summed E-state index contributed by atoms with van der Waals surface area (Å²) in [7, 11) is 1.48. The van der Waals surface area contributed by atoms with Crippen LogP contribution in [0.25, 0.3) is 11.3 Å². The van der Waals surface area contributed by atoms with Crippen LogP contribution >= 0.6 is 23.4 Å². The summed E-state index contributed by atoms with van der Waals surface area (Å²) in [6, 6.07) is 15.5. The standard InChI is InChI=1S/C23H17ClF3N3O2S/c1-32-15-8-6-14(7-9-15)20-12-17(23(25,26)27)16(13-28)22(30-20)33-11-10-21(31)29-19-5-3-2-4-18(19)24/h2-9,12H,10-11H2,1H3,(H,29,31). The minimum absolute atomic E-state index is 0.0173. The SMILES string of the molecule is COc1ccc(-c2cc(C(F)(F)F)c(C#N)c(SCCC(=O)Nc3ccccc3Cl)n2)cc1. The minimum Gasteiger partial charge on any atom is -0.497 e. The zero-order chi connectivity index (χ0) is 24.0. The van der Waals surface area contributed by atoms with Crippen molar-refractivity contribution in [1.82, 2.24) is 4.98 Å². The number of benzene rings is 2. The van der Waals surface area contributed by atoms with E-state index in [0.717, 1.165) is 17.8 Å². The Balaban J connectivity index is 1.84. The quantitative estimate of drug-likeness (QED) is 0.386. The van der Waals surface area contributed by atoms with Crippen molar-refractivity contribution >= 4 is 35.0 Å². The molecule has 0 saturated heterocycles. The van der Waals surface area contributed by atoms with E-state index in [2.05, 4.69) is 10.3 Å². The van der Waals surface area contributed by atoms with Gasteiger partial charge in [0, 0.05) is 17.7 Å². The van der Waals surface area contributed by atoms with Crippen LogP contribution < -0.4 is 10.1 Å². The average Bonchev–Trinajstić information content (AvgIpc) is 2.79. The summed E-state index contributed by atoms with van der Waals surface area (Å²) >= 11 is 6.92. The molecule has 3 rings (SSSR count). The van der Waals surface area contributed by atoms with Crippen LogP contribution in [0.4, 0.5) is 18.9 Å². The van der Waals surface area contributed by atoms with Crippen molar-refractivity contribution in [3.05, 3.63) is 70.7 Å². The van der Waals surface area contributed by atoms with E-state index in [1.807, 2.05) is 0 Å². The third kappa shape index (κ3) is 6.18. The number of hydrogen-bond donors (Lipinski definition) is 1. The molecule has 0 bridgehead atoms. The number of alkyl halides is 3. The Morgan fingerprint density at radius 1 is 1.21 bits per heavy atom. The molecule has 0 aliphatic rings. The highest BCUT2D eigenvalue weighted by atomic mass is 35.5. The van der Waals surface area contributed by atoms with Crippen LogP contribution in [0.3, 0.4) is 0 Å². The number of rotatable bonds is 7. The lowest BCUT2D eigenvalue weighted by Gasteiger charge is -2.14. The first-order valence-electron chi connectivity index (χ1n) is 9.57. The number of nitrogens with zero attached hydrogens (tertiary/aromatic N) is 2. The van der Waals surface area contributed by atoms with Crippen molar-refractivity contribution in [2.45, 2.75) is 17.6 Å². The second-order valence-electron chi connectivity index (χ2n) is 6.70. The topological polar surface area (TPSA) is 75.0 Å². The first-order chi connectivity index (χ1) is 15.7. The van der Waals surface area contributed by atoms with E-state index in [0.29, 0.717) is 22.0 Å². The molecule has 170 valence electrons. The van der Waals surface area contributed by atoms with Gasteiger partial charge in [0.2, 0.25) is 5.91 Å². The van der Waals surface area contributed by atoms with Crippen LogP contribution in [0.1, 0.15) is 17.5 Å². The Morgan fingerprint density at radius 2 is 1.91 bits per heavy atom. The molecule has 1 amide bonds. The number of carbonyl (C=O) groups excluding carboxylic acids is 1. The van der Waals surface area contributed by atoms with E-state index < -0.39 is 17.3 Å². The second-order valence-corrected chi connectivity index (χ2v) is 8.19. The number of halogens is 4. The Kier molecular flexibility index (Phi) is 7.84. The summed E-state index contributed by atoms with van der Waals surface area (Å²) < 4.78 is 46.1. The molecule has 2 aromatic carbocycles. The zero-order valence-electron chi connectivity index (χ0n) is 17.2. The number of anilines is 1. The zero-order valence-corrected chi connectivity index (χ0v) is 18.8. The smallest absolute Gasteiger partial charge is 0.417 e. The van der Waals surface area contributed by atoms with Gasteiger partial charge in [0.05, 0.1) is 34.6 Å². The van der Waals surface area contributed by atoms with Crippen molar-refractivity contribution in [3.8, 4) is 23.1 Å². The molecule has 0 aliphatic heterocycles. The van der Waals surface area contributed by atoms with E-state index in [-0.39, 0.29) is 28.8 Å². The lowest BCUT2D eigenvalue weighted by atomic mass is 10.1. The predicted octanol–water partition coefficient (Wildman–Crippen LogP) is 6.42. The molecular formula is C23H17ClF3N3O2S. The molecule has 0 atom stereocenters. The van der Waals surface area contributed by atoms with Crippen molar-refractivity contribution < 1.29 is 22.7 Å². The monoisotopic (exact) mass is 491 g/mol. The highest BCUT2D eigenvalue weighted by Gasteiger charge is 2.36. The molecule has 5 nitrogen and oxygen atoms in total. The van der Waals surface area contributed by atoms with Gasteiger partial charge in [0.15, 0.2) is 0 Å². The maximum Gasteiger partial charge on any atom is 0.417 e. The molecule has 33 heavy (non-hydrogen) atoms. The predicted molar refractivity (Wildman–Crippen MR) is 121 cm³/mol. The molecule has 0 saturated carbocycles. The van der Waals surface area contributed by atoms with Crippen LogP contribution in [-0.4, -0.2) is 23.8 Å². The highest BCUT2D eigenvalue weighted by Crippen LogP contribution is 2.38. The van der Waals surface area contributed by atoms with Crippen molar-refractivity contribution in [1.29, 1.82) is 5.26 Å². The normalized spacial score (nSPS) is 11.0. The van der Waals surface area contributed by atoms with Gasteiger partial charge in [-0.05, 0) is 42.5 Å². The van der Waals surface area contributed by atoms with Crippen molar-refractivity contribution in [2.24, 2.45) is 0 Å². The second kappa shape index (κ2) is 10.6. The number of aromatic nitrogens is 1. The number of nitriles is 1. The van der Waals surface area contributed by atoms with Gasteiger partial charge in [-0.1, -0.05) is 23.7 Å². The Hall–Kier alpha value is -3.22. The third-order valence-electron chi connectivity index (χ3n) is 4.51. The minimum atomic E-state index is -4.74. The first-order valence-corrected chi connectivity index (χ1v) is 10.9. The number of ether oxygens (including phenoxy) is 1. The van der Waals surface area contributed by atoms with Crippen LogP contribution in [0.5, 0.6) is 5.75 Å². The van der Waals surface area contributed by atoms with Gasteiger partial charge in [-0.3, -0.25) is 4.79 Å². The summed E-state index contributed by atoms with van der Waals surface area (Å²) in [4.78, 5) is 16.5. The lowest BCUT2D eigenvalue weighted by molar-refractivity contribution is -0.138. The molecule has 1 aromatic heterocycles. The first kappa shape index (κ1) is 24.4. The molecule has 0 radical (unpaired) electrons. The van der Waals surface area contributed by atoms with Gasteiger partial charge < -0.3 is 10.1 Å². The van der Waals surface area contributed by atoms with E-state index >= 15 is 0 Å². The van der Waals surface area contributed by atoms with E-state index in [4.69, 9.17) is 16.3 Å². The number of amides is 1. The van der Waals surface area contributed by atoms with Gasteiger partial charge in [0.1, 0.15) is 16.8 Å². The summed E-state index contributed by atoms with van der Waals surface area (Å²) in [6.07, 6.45) is -4.76. The van der Waals surface area contributed by atoms with Gasteiger partial charge in [-0.15, -0.1) is 11.8 Å². The molecular weight excluding hydrogens is 475 g/mol. The number of thioether (sulfide) groups is 1. The summed E-state index contributed by atoms with van der Waals surface area (Å²) in [6.45, 7) is 0. The van der Waals surface area contributed by atoms with Gasteiger partial charge in [-0.2, -0.15) is 18.4 Å². The summed E-state index contributed by atoms with van der Waals surface area (Å²) in [5.41, 5.74) is -0.716. The Labute approximate surface area is 197 Å². The fraction of sp³-hybridized carbons (Fsp3) is 0.174. The maximum absolute atomic E-state index is 13.7. The largest absolute Gasteiger partial charge is 0.497 e. The van der Waals surface area contributed by atoms with Gasteiger partial charge >= 0.3 is 6.18 Å². The van der Waals surface area contributed by atoms with E-state index in [9.17, 15) is 23.2 Å². The summed E-state index contributed by atoms with van der Waals surface area (Å²) in [5, 5.41) is 12.3. The fourth-order valence-corrected chi connectivity index (χ4v) is 4.01. The van der Waals surface area contributed by atoms with E-state index in [1.54, 1.807) is 54.6 Å². The van der Waals surface area contributed by atoms with Crippen molar-refractivity contribution in [3.63, 3.8) is 0 Å². The number of methoxy groups -OCH3 is 1. The van der Waals surface area contributed by atoms with Gasteiger partial charge in [-0.25, -0.2) is 4.98 Å². The van der Waals surface area contributed by atoms with Crippen LogP contribution in [-0.2, 0) is 11.0 Å². The van der Waals surface area contributed by atoms with Crippen molar-refractivity contribution in [2.75, 3.05) is 18.2 Å². The molecule has 10 heteroatoms. The summed E-state index contributed by atoms with van der Waals surface area (Å²) in [5.74, 6) is 0.292. The maximum atomic E-state index is 13.7. The molecule has 0 fully saturated rings. The highest BCUT2D eigenvalue weighted by molar-refractivity contribution is 7.99. The number of carbonyl (C=O) groups is 1. The Morgan fingerprint density at radius 3 is 2.52 bits per heavy atom. The Bertz CT molecular complexity index is 1200. The molecule has 0 unspecified atom stereocenters. The van der Waals surface area contributed by atoms with Crippen LogP contribution in [0.15, 0.2) is 59.6 Å². The molecule has 0 spiro atoms. The molecule has 0 aliphatic carbocycles. The molecule has 1 heterocycles. The number of para-hydroxylation sites is 1. The third-order valence-corrected chi connectivity index (χ3v) is 5.81.